The Morgan fingerprint density at radius 1 is 1.18 bits per heavy atom. The Morgan fingerprint density at radius 3 is 2.50 bits per heavy atom. The first-order chi connectivity index (χ1) is 10.5. The number of ether oxygens (including phenoxy) is 1. The van der Waals surface area contributed by atoms with Gasteiger partial charge in [0.25, 0.3) is 5.91 Å². The van der Waals surface area contributed by atoms with Gasteiger partial charge in [-0.1, -0.05) is 28.1 Å². The number of para-hydroxylation sites is 1. The molecule has 0 heterocycles. The highest BCUT2D eigenvalue weighted by molar-refractivity contribution is 9.10. The molecule has 0 aliphatic heterocycles. The first-order valence-electron chi connectivity index (χ1n) is 6.52. The van der Waals surface area contributed by atoms with Crippen LogP contribution in [0, 0.1) is 6.92 Å². The topological polar surface area (TPSA) is 50.4 Å². The summed E-state index contributed by atoms with van der Waals surface area (Å²) < 4.78 is 6.25. The summed E-state index contributed by atoms with van der Waals surface area (Å²) in [7, 11) is 1.54. The second-order valence-corrected chi connectivity index (χ2v) is 5.89. The maximum atomic E-state index is 12.3. The van der Waals surface area contributed by atoms with E-state index in [1.165, 1.54) is 7.11 Å². The van der Waals surface area contributed by atoms with Crippen molar-refractivity contribution in [1.82, 2.24) is 5.32 Å². The van der Waals surface area contributed by atoms with Gasteiger partial charge in [0.15, 0.2) is 5.11 Å². The van der Waals surface area contributed by atoms with Crippen molar-refractivity contribution in [1.29, 1.82) is 0 Å². The van der Waals surface area contributed by atoms with Gasteiger partial charge in [-0.15, -0.1) is 0 Å². The SMILES string of the molecule is COc1c(C)cccc1C(=O)NC(=S)Nc1ccc(Br)cc1. The third-order valence-corrected chi connectivity index (χ3v) is 3.72. The summed E-state index contributed by atoms with van der Waals surface area (Å²) >= 11 is 8.52. The Bertz CT molecular complexity index is 702. The van der Waals surface area contributed by atoms with Crippen LogP contribution < -0.4 is 15.4 Å². The van der Waals surface area contributed by atoms with Crippen molar-refractivity contribution in [2.24, 2.45) is 0 Å². The summed E-state index contributed by atoms with van der Waals surface area (Å²) in [6, 6.07) is 12.9. The fraction of sp³-hybridized carbons (Fsp3) is 0.125. The maximum Gasteiger partial charge on any atom is 0.261 e. The number of carbonyl (C=O) groups excluding carboxylic acids is 1. The molecule has 0 aromatic heterocycles. The van der Waals surface area contributed by atoms with Crippen LogP contribution in [0.1, 0.15) is 15.9 Å². The van der Waals surface area contributed by atoms with Crippen molar-refractivity contribution >= 4 is 44.9 Å². The first-order valence-corrected chi connectivity index (χ1v) is 7.73. The average molecular weight is 379 g/mol. The number of hydrogen-bond donors (Lipinski definition) is 2. The van der Waals surface area contributed by atoms with E-state index in [4.69, 9.17) is 17.0 Å². The number of amides is 1. The summed E-state index contributed by atoms with van der Waals surface area (Å²) in [5, 5.41) is 5.84. The number of hydrogen-bond acceptors (Lipinski definition) is 3. The Hall–Kier alpha value is -1.92. The first kappa shape index (κ1) is 16.5. The number of carbonyl (C=O) groups is 1. The predicted octanol–water partition coefficient (Wildman–Crippen LogP) is 3.89. The molecule has 4 nitrogen and oxygen atoms in total. The van der Waals surface area contributed by atoms with Crippen LogP contribution in [0.5, 0.6) is 5.75 Å². The minimum absolute atomic E-state index is 0.232. The third-order valence-electron chi connectivity index (χ3n) is 2.99. The Labute approximate surface area is 143 Å². The molecule has 0 aliphatic carbocycles. The van der Waals surface area contributed by atoms with Crippen molar-refractivity contribution in [3.8, 4) is 5.75 Å². The average Bonchev–Trinajstić information content (AvgIpc) is 2.49. The summed E-state index contributed by atoms with van der Waals surface area (Å²) in [4.78, 5) is 12.3. The number of methoxy groups -OCH3 is 1. The molecule has 2 aromatic carbocycles. The highest BCUT2D eigenvalue weighted by atomic mass is 79.9. The molecule has 2 N–H and O–H groups in total. The Balaban J connectivity index is 2.07. The number of aryl methyl sites for hydroxylation is 1. The molecular weight excluding hydrogens is 364 g/mol. The van der Waals surface area contributed by atoms with Gasteiger partial charge >= 0.3 is 0 Å². The summed E-state index contributed by atoms with van der Waals surface area (Å²) in [5.41, 5.74) is 2.13. The van der Waals surface area contributed by atoms with Crippen LogP contribution in [0.15, 0.2) is 46.9 Å². The van der Waals surface area contributed by atoms with E-state index in [-0.39, 0.29) is 11.0 Å². The van der Waals surface area contributed by atoms with Crippen molar-refractivity contribution in [3.05, 3.63) is 58.1 Å². The molecule has 0 fully saturated rings. The highest BCUT2D eigenvalue weighted by Gasteiger charge is 2.15. The molecule has 2 aromatic rings. The molecule has 0 saturated heterocycles. The molecule has 0 unspecified atom stereocenters. The molecular formula is C16H15BrN2O2S. The van der Waals surface area contributed by atoms with Gasteiger partial charge in [0.2, 0.25) is 0 Å². The maximum absolute atomic E-state index is 12.3. The molecule has 6 heteroatoms. The number of rotatable bonds is 3. The van der Waals surface area contributed by atoms with Gasteiger partial charge in [-0.2, -0.15) is 0 Å². The Morgan fingerprint density at radius 2 is 1.86 bits per heavy atom. The van der Waals surface area contributed by atoms with Gasteiger partial charge in [0, 0.05) is 10.2 Å². The molecule has 0 aliphatic rings. The quantitative estimate of drug-likeness (QED) is 0.795. The van der Waals surface area contributed by atoms with Crippen LogP contribution in [-0.4, -0.2) is 18.1 Å². The lowest BCUT2D eigenvalue weighted by molar-refractivity contribution is 0.0974. The molecule has 0 radical (unpaired) electrons. The van der Waals surface area contributed by atoms with E-state index in [1.807, 2.05) is 37.3 Å². The fourth-order valence-corrected chi connectivity index (χ4v) is 2.44. The standard InChI is InChI=1S/C16H15BrN2O2S/c1-10-4-3-5-13(14(10)21-2)15(20)19-16(22)18-12-8-6-11(17)7-9-12/h3-9H,1-2H3,(H2,18,19,20,22). The van der Waals surface area contributed by atoms with Crippen LogP contribution in [0.3, 0.4) is 0 Å². The lowest BCUT2D eigenvalue weighted by Gasteiger charge is -2.13. The van der Waals surface area contributed by atoms with Gasteiger partial charge in [-0.25, -0.2) is 0 Å². The molecule has 0 saturated carbocycles. The molecule has 0 atom stereocenters. The van der Waals surface area contributed by atoms with Gasteiger partial charge in [-0.05, 0) is 55.0 Å². The Kier molecular flexibility index (Phi) is 5.51. The molecule has 0 spiro atoms. The second kappa shape index (κ2) is 7.38. The van der Waals surface area contributed by atoms with Crippen molar-refractivity contribution < 1.29 is 9.53 Å². The molecule has 2 rings (SSSR count). The molecule has 1 amide bonds. The fourth-order valence-electron chi connectivity index (χ4n) is 1.97. The van der Waals surface area contributed by atoms with Crippen molar-refractivity contribution in [2.45, 2.75) is 6.92 Å². The van der Waals surface area contributed by atoms with Crippen LogP contribution in [0.4, 0.5) is 5.69 Å². The van der Waals surface area contributed by atoms with E-state index in [0.29, 0.717) is 11.3 Å². The summed E-state index contributed by atoms with van der Waals surface area (Å²) in [6.45, 7) is 1.88. The number of anilines is 1. The van der Waals surface area contributed by atoms with Crippen LogP contribution in [-0.2, 0) is 0 Å². The van der Waals surface area contributed by atoms with Crippen LogP contribution in [0.2, 0.25) is 0 Å². The minimum Gasteiger partial charge on any atom is -0.496 e. The summed E-state index contributed by atoms with van der Waals surface area (Å²) in [5.74, 6) is 0.238. The lowest BCUT2D eigenvalue weighted by Crippen LogP contribution is -2.34. The normalized spacial score (nSPS) is 9.95. The number of halogens is 1. The molecule has 114 valence electrons. The van der Waals surface area contributed by atoms with Gasteiger partial charge < -0.3 is 10.1 Å². The van der Waals surface area contributed by atoms with E-state index < -0.39 is 0 Å². The van der Waals surface area contributed by atoms with E-state index in [0.717, 1.165) is 15.7 Å². The van der Waals surface area contributed by atoms with E-state index in [1.54, 1.807) is 12.1 Å². The number of thiocarbonyl (C=S) groups is 1. The van der Waals surface area contributed by atoms with Crippen molar-refractivity contribution in [2.75, 3.05) is 12.4 Å². The smallest absolute Gasteiger partial charge is 0.261 e. The van der Waals surface area contributed by atoms with Crippen LogP contribution in [0.25, 0.3) is 0 Å². The van der Waals surface area contributed by atoms with Crippen molar-refractivity contribution in [3.63, 3.8) is 0 Å². The summed E-state index contributed by atoms with van der Waals surface area (Å²) in [6.07, 6.45) is 0. The van der Waals surface area contributed by atoms with Gasteiger partial charge in [0.1, 0.15) is 5.75 Å². The number of nitrogens with one attached hydrogen (secondary N) is 2. The molecule has 22 heavy (non-hydrogen) atoms. The van der Waals surface area contributed by atoms with E-state index >= 15 is 0 Å². The largest absolute Gasteiger partial charge is 0.496 e. The second-order valence-electron chi connectivity index (χ2n) is 4.57. The monoisotopic (exact) mass is 378 g/mol. The minimum atomic E-state index is -0.310. The molecule has 0 bridgehead atoms. The van der Waals surface area contributed by atoms with Crippen LogP contribution >= 0.6 is 28.1 Å². The predicted molar refractivity (Wildman–Crippen MR) is 95.6 cm³/mol. The third kappa shape index (κ3) is 4.05. The zero-order valence-electron chi connectivity index (χ0n) is 12.1. The van der Waals surface area contributed by atoms with Gasteiger partial charge in [-0.3, -0.25) is 10.1 Å². The van der Waals surface area contributed by atoms with E-state index in [2.05, 4.69) is 26.6 Å². The zero-order valence-corrected chi connectivity index (χ0v) is 14.5. The number of benzene rings is 2. The highest BCUT2D eigenvalue weighted by Crippen LogP contribution is 2.22. The lowest BCUT2D eigenvalue weighted by atomic mass is 10.1. The van der Waals surface area contributed by atoms with Gasteiger partial charge in [0.05, 0.1) is 12.7 Å². The zero-order chi connectivity index (χ0) is 16.1. The van der Waals surface area contributed by atoms with E-state index in [9.17, 15) is 4.79 Å².